The highest BCUT2D eigenvalue weighted by Gasteiger charge is 2.37. The minimum atomic E-state index is -2.13. The SMILES string of the molecule is [2H]C([2H])([2H])c1ccc(N2B(C)C=Cc3c2oc2nc(C)ccc32)[n+](C)c1. The van der Waals surface area contributed by atoms with Gasteiger partial charge in [-0.3, -0.25) is 4.81 Å². The van der Waals surface area contributed by atoms with Crippen LogP contribution in [0, 0.1) is 13.8 Å². The average molecular weight is 307 g/mol. The van der Waals surface area contributed by atoms with Gasteiger partial charge in [-0.15, -0.1) is 0 Å². The number of nitrogens with zero attached hydrogens (tertiary/aromatic N) is 3. The molecule has 0 bridgehead atoms. The van der Waals surface area contributed by atoms with Crippen LogP contribution in [-0.2, 0) is 7.05 Å². The van der Waals surface area contributed by atoms with E-state index in [-0.39, 0.29) is 6.85 Å². The molecule has 3 aromatic rings. The summed E-state index contributed by atoms with van der Waals surface area (Å²) in [7, 11) is 1.85. The summed E-state index contributed by atoms with van der Waals surface area (Å²) in [5.41, 5.74) is 2.82. The van der Waals surface area contributed by atoms with E-state index in [4.69, 9.17) is 8.53 Å². The summed E-state index contributed by atoms with van der Waals surface area (Å²) >= 11 is 0. The lowest BCUT2D eigenvalue weighted by molar-refractivity contribution is -0.658. The third kappa shape index (κ3) is 2.15. The predicted molar refractivity (Wildman–Crippen MR) is 93.9 cm³/mol. The smallest absolute Gasteiger partial charge is 0.404 e. The first-order valence-electron chi connectivity index (χ1n) is 9.13. The molecule has 0 aromatic carbocycles. The molecule has 23 heavy (non-hydrogen) atoms. The second kappa shape index (κ2) is 4.98. The molecule has 4 rings (SSSR count). The van der Waals surface area contributed by atoms with E-state index in [2.05, 4.69) is 28.7 Å². The number of aromatic nitrogens is 2. The molecule has 3 aromatic heterocycles. The van der Waals surface area contributed by atoms with E-state index in [1.807, 2.05) is 36.7 Å². The fourth-order valence-corrected chi connectivity index (χ4v) is 3.09. The lowest BCUT2D eigenvalue weighted by atomic mass is 9.61. The average Bonchev–Trinajstić information content (AvgIpc) is 2.91. The zero-order valence-corrected chi connectivity index (χ0v) is 13.4. The molecule has 0 atom stereocenters. The number of anilines is 2. The normalized spacial score (nSPS) is 16.2. The van der Waals surface area contributed by atoms with E-state index in [0.29, 0.717) is 11.3 Å². The Morgan fingerprint density at radius 3 is 2.96 bits per heavy atom. The van der Waals surface area contributed by atoms with E-state index >= 15 is 0 Å². The summed E-state index contributed by atoms with van der Waals surface area (Å²) in [6.45, 7) is 1.94. The first-order chi connectivity index (χ1) is 12.3. The third-order valence-corrected chi connectivity index (χ3v) is 4.23. The summed E-state index contributed by atoms with van der Waals surface area (Å²) in [5.74, 6) is 3.69. The Labute approximate surface area is 140 Å². The van der Waals surface area contributed by atoms with Gasteiger partial charge < -0.3 is 4.42 Å². The van der Waals surface area contributed by atoms with Crippen molar-refractivity contribution in [3.63, 3.8) is 0 Å². The number of hydrogen-bond donors (Lipinski definition) is 0. The largest absolute Gasteiger partial charge is 0.405 e. The minimum absolute atomic E-state index is 0.0639. The maximum atomic E-state index is 7.60. The Kier molecular flexibility index (Phi) is 2.39. The topological polar surface area (TPSA) is 33.2 Å². The van der Waals surface area contributed by atoms with Crippen LogP contribution in [0.25, 0.3) is 17.2 Å². The van der Waals surface area contributed by atoms with Gasteiger partial charge in [0.15, 0.2) is 0 Å². The zero-order chi connectivity index (χ0) is 18.6. The van der Waals surface area contributed by atoms with Crippen LogP contribution in [0.3, 0.4) is 0 Å². The van der Waals surface area contributed by atoms with Crippen LogP contribution in [0.1, 0.15) is 20.9 Å². The minimum Gasteiger partial charge on any atom is -0.404 e. The molecule has 0 fully saturated rings. The fourth-order valence-electron chi connectivity index (χ4n) is 3.09. The first kappa shape index (κ1) is 11.1. The van der Waals surface area contributed by atoms with Crippen molar-refractivity contribution in [2.24, 2.45) is 7.05 Å². The van der Waals surface area contributed by atoms with E-state index < -0.39 is 6.85 Å². The van der Waals surface area contributed by atoms with Crippen LogP contribution < -0.4 is 9.38 Å². The van der Waals surface area contributed by atoms with Crippen LogP contribution >= 0.6 is 0 Å². The molecular weight excluding hydrogens is 285 g/mol. The van der Waals surface area contributed by atoms with Crippen molar-refractivity contribution < 1.29 is 13.1 Å². The summed E-state index contributed by atoms with van der Waals surface area (Å²) in [6.07, 6.45) is 3.72. The van der Waals surface area contributed by atoms with Gasteiger partial charge >= 0.3 is 6.85 Å². The van der Waals surface area contributed by atoms with Crippen LogP contribution in [0.4, 0.5) is 11.7 Å². The summed E-state index contributed by atoms with van der Waals surface area (Å²) in [4.78, 5) is 6.56. The first-order valence-corrected chi connectivity index (χ1v) is 7.63. The van der Waals surface area contributed by atoms with Gasteiger partial charge in [0.25, 0.3) is 11.7 Å². The quantitative estimate of drug-likeness (QED) is 0.509. The van der Waals surface area contributed by atoms with Gasteiger partial charge in [0, 0.05) is 15.9 Å². The number of hydrogen-bond acceptors (Lipinski definition) is 3. The molecule has 0 unspecified atom stereocenters. The standard InChI is InChI=1S/C18H19BN3O/c1-12-5-8-16(21(4)11-12)22-18-15(9-10-19(22)3)14-7-6-13(2)20-17(14)23-18/h5-11H,1-4H3/q+1/i1D3. The van der Waals surface area contributed by atoms with E-state index in [0.717, 1.165) is 28.3 Å². The second-order valence-electron chi connectivity index (χ2n) is 5.98. The Bertz CT molecular complexity index is 1040. The van der Waals surface area contributed by atoms with Gasteiger partial charge in [-0.2, -0.15) is 0 Å². The molecule has 1 aliphatic heterocycles. The molecule has 5 heteroatoms. The highest BCUT2D eigenvalue weighted by Crippen LogP contribution is 2.39. The van der Waals surface area contributed by atoms with E-state index in [1.54, 1.807) is 12.3 Å². The second-order valence-corrected chi connectivity index (χ2v) is 5.98. The number of pyridine rings is 2. The molecule has 1 aliphatic rings. The van der Waals surface area contributed by atoms with Gasteiger partial charge in [-0.05, 0) is 44.4 Å². The molecule has 0 spiro atoms. The molecule has 0 saturated heterocycles. The fraction of sp³-hybridized carbons (Fsp3) is 0.222. The monoisotopic (exact) mass is 307 g/mol. The Morgan fingerprint density at radius 2 is 2.17 bits per heavy atom. The summed E-state index contributed by atoms with van der Waals surface area (Å²) in [5, 5.41) is 0.973. The number of rotatable bonds is 1. The summed E-state index contributed by atoms with van der Waals surface area (Å²) in [6, 6.07) is 7.47. The van der Waals surface area contributed by atoms with Crippen molar-refractivity contribution in [3.05, 3.63) is 53.3 Å². The molecule has 4 nitrogen and oxygen atoms in total. The van der Waals surface area contributed by atoms with Gasteiger partial charge in [-0.1, -0.05) is 12.1 Å². The van der Waals surface area contributed by atoms with Crippen molar-refractivity contribution in [1.82, 2.24) is 4.98 Å². The van der Waals surface area contributed by atoms with E-state index in [9.17, 15) is 0 Å². The maximum absolute atomic E-state index is 7.60. The van der Waals surface area contributed by atoms with E-state index in [1.165, 1.54) is 0 Å². The molecule has 0 N–H and O–H groups in total. The van der Waals surface area contributed by atoms with Gasteiger partial charge in [0.1, 0.15) is 0 Å². The highest BCUT2D eigenvalue weighted by atomic mass is 16.4. The lowest BCUT2D eigenvalue weighted by Gasteiger charge is -2.22. The predicted octanol–water partition coefficient (Wildman–Crippen LogP) is 3.59. The van der Waals surface area contributed by atoms with Crippen molar-refractivity contribution in [2.45, 2.75) is 20.6 Å². The highest BCUT2D eigenvalue weighted by molar-refractivity contribution is 6.69. The molecule has 4 heterocycles. The van der Waals surface area contributed by atoms with Crippen LogP contribution in [0.5, 0.6) is 0 Å². The van der Waals surface area contributed by atoms with Crippen molar-refractivity contribution >= 4 is 35.7 Å². The molecule has 0 aliphatic carbocycles. The summed E-state index contributed by atoms with van der Waals surface area (Å²) < 4.78 is 30.7. The number of aryl methyl sites for hydroxylation is 3. The molecule has 0 saturated carbocycles. The molecule has 0 radical (unpaired) electrons. The van der Waals surface area contributed by atoms with Crippen molar-refractivity contribution in [2.75, 3.05) is 4.81 Å². The third-order valence-electron chi connectivity index (χ3n) is 4.23. The number of furan rings is 1. The van der Waals surface area contributed by atoms with Crippen LogP contribution in [0.15, 0.2) is 40.9 Å². The van der Waals surface area contributed by atoms with Crippen LogP contribution in [0.2, 0.25) is 6.82 Å². The molecular formula is C18H19BN3O+. The Morgan fingerprint density at radius 1 is 1.30 bits per heavy atom. The van der Waals surface area contributed by atoms with Gasteiger partial charge in [0.05, 0.1) is 24.2 Å². The maximum Gasteiger partial charge on any atom is 0.405 e. The van der Waals surface area contributed by atoms with Crippen molar-refractivity contribution in [1.29, 1.82) is 0 Å². The van der Waals surface area contributed by atoms with Crippen LogP contribution in [-0.4, -0.2) is 11.8 Å². The van der Waals surface area contributed by atoms with Gasteiger partial charge in [0.2, 0.25) is 5.71 Å². The van der Waals surface area contributed by atoms with Gasteiger partial charge in [-0.25, -0.2) is 9.55 Å². The van der Waals surface area contributed by atoms with Crippen molar-refractivity contribution in [3.8, 4) is 0 Å². The Hall–Kier alpha value is -2.56. The zero-order valence-electron chi connectivity index (χ0n) is 16.4. The number of fused-ring (bicyclic) bond motifs is 3. The molecule has 0 amide bonds. The Balaban J connectivity index is 1.88. The molecule has 114 valence electrons. The lowest BCUT2D eigenvalue weighted by Crippen LogP contribution is -2.43.